The van der Waals surface area contributed by atoms with E-state index in [1.807, 2.05) is 6.08 Å². The van der Waals surface area contributed by atoms with Crippen molar-refractivity contribution in [3.05, 3.63) is 42.0 Å². The number of unbranched alkanes of at least 4 members (excludes halogenated alkanes) is 1. The first-order valence-corrected chi connectivity index (χ1v) is 22.0. The van der Waals surface area contributed by atoms with Crippen molar-refractivity contribution in [2.24, 2.45) is 0 Å². The molecule has 0 heterocycles. The van der Waals surface area contributed by atoms with Gasteiger partial charge in [-0.25, -0.2) is 0 Å². The van der Waals surface area contributed by atoms with Gasteiger partial charge in [-0.3, -0.25) is 0 Å². The van der Waals surface area contributed by atoms with Crippen LogP contribution in [0.4, 0.5) is 0 Å². The monoisotopic (exact) mass is 436 g/mol. The summed E-state index contributed by atoms with van der Waals surface area (Å²) in [6, 6.07) is 8.61. The van der Waals surface area contributed by atoms with Gasteiger partial charge in [-0.2, -0.15) is 0 Å². The predicted molar refractivity (Wildman–Crippen MR) is 85.8 cm³/mol. The Bertz CT molecular complexity index is 339. The minimum atomic E-state index is -1.54. The standard InChI is InChI=1S/C12H15.2CH3.HI.Sn/c1-3-5-8-12-10-7-6-9-11(12)4-2;;;;/h4,6-7,9-10H,1-3,5,8H2;2*1H3;1H;/q;;;;+1/p-1. The maximum atomic E-state index is 3.87. The van der Waals surface area contributed by atoms with Crippen LogP contribution in [0.25, 0.3) is 6.08 Å². The molecular formula is C14H21ISn. The van der Waals surface area contributed by atoms with E-state index in [1.54, 1.807) is 0 Å². The fourth-order valence-electron chi connectivity index (χ4n) is 1.82. The topological polar surface area (TPSA) is 0 Å². The molecule has 0 aliphatic carbocycles. The van der Waals surface area contributed by atoms with Crippen LogP contribution in [0.3, 0.4) is 0 Å². The van der Waals surface area contributed by atoms with Gasteiger partial charge in [0.05, 0.1) is 0 Å². The third-order valence-electron chi connectivity index (χ3n) is 2.74. The summed E-state index contributed by atoms with van der Waals surface area (Å²) in [6.45, 7) is 3.87. The van der Waals surface area contributed by atoms with Crippen molar-refractivity contribution < 1.29 is 0 Å². The zero-order chi connectivity index (χ0) is 12.0. The number of hydrogen-bond acceptors (Lipinski definition) is 0. The quantitative estimate of drug-likeness (QED) is 0.324. The normalized spacial score (nSPS) is 11.4. The average Bonchev–Trinajstić information content (AvgIpc) is 2.23. The molecule has 0 radical (unpaired) electrons. The van der Waals surface area contributed by atoms with E-state index < -0.39 is 14.4 Å². The minimum absolute atomic E-state index is 1.21. The van der Waals surface area contributed by atoms with Gasteiger partial charge in [-0.1, -0.05) is 0 Å². The van der Waals surface area contributed by atoms with Crippen molar-refractivity contribution in [3.63, 3.8) is 0 Å². The molecular weight excluding hydrogens is 414 g/mol. The Morgan fingerprint density at radius 1 is 1.25 bits per heavy atom. The second-order valence-corrected chi connectivity index (χ2v) is 35.7. The van der Waals surface area contributed by atoms with Gasteiger partial charge in [-0.05, 0) is 0 Å². The van der Waals surface area contributed by atoms with Crippen LogP contribution in [0.5, 0.6) is 0 Å². The summed E-state index contributed by atoms with van der Waals surface area (Å²) >= 11 is 1.20. The SMILES string of the molecule is C=Cc1ccccc1CCC[CH2][Sn]([CH3])([CH3])[I]. The van der Waals surface area contributed by atoms with Gasteiger partial charge in [0.25, 0.3) is 0 Å². The molecule has 0 amide bonds. The van der Waals surface area contributed by atoms with Crippen molar-refractivity contribution in [2.75, 3.05) is 0 Å². The number of aryl methyl sites for hydroxylation is 1. The van der Waals surface area contributed by atoms with Crippen molar-refractivity contribution in [2.45, 2.75) is 33.6 Å². The Morgan fingerprint density at radius 3 is 2.56 bits per heavy atom. The molecule has 88 valence electrons. The van der Waals surface area contributed by atoms with Gasteiger partial charge in [0.15, 0.2) is 0 Å². The molecule has 0 fully saturated rings. The van der Waals surface area contributed by atoms with Crippen LogP contribution in [0.2, 0.25) is 14.3 Å². The summed E-state index contributed by atoms with van der Waals surface area (Å²) in [7, 11) is 0. The Balaban J connectivity index is 2.40. The Kier molecular flexibility index (Phi) is 6.40. The Morgan fingerprint density at radius 2 is 1.94 bits per heavy atom. The molecule has 0 N–H and O–H groups in total. The molecule has 0 bridgehead atoms. The van der Waals surface area contributed by atoms with Gasteiger partial charge in [0.2, 0.25) is 0 Å². The van der Waals surface area contributed by atoms with Gasteiger partial charge in [-0.15, -0.1) is 0 Å². The summed E-state index contributed by atoms with van der Waals surface area (Å²) in [5.41, 5.74) is 2.76. The molecule has 1 aromatic carbocycles. The fourth-order valence-corrected chi connectivity index (χ4v) is 7.49. The van der Waals surface area contributed by atoms with Crippen LogP contribution in [0.1, 0.15) is 24.0 Å². The average molecular weight is 435 g/mol. The molecule has 2 heteroatoms. The van der Waals surface area contributed by atoms with Crippen molar-refractivity contribution in [1.82, 2.24) is 0 Å². The van der Waals surface area contributed by atoms with E-state index in [-0.39, 0.29) is 0 Å². The molecule has 0 aliphatic heterocycles. The van der Waals surface area contributed by atoms with Gasteiger partial charge in [0, 0.05) is 0 Å². The summed E-state index contributed by atoms with van der Waals surface area (Å²) < 4.78 is 1.51. The van der Waals surface area contributed by atoms with Crippen molar-refractivity contribution >= 4 is 39.1 Å². The van der Waals surface area contributed by atoms with Crippen LogP contribution < -0.4 is 0 Å². The van der Waals surface area contributed by atoms with E-state index in [2.05, 4.69) is 59.4 Å². The van der Waals surface area contributed by atoms with E-state index >= 15 is 0 Å². The molecule has 0 aliphatic rings. The first-order chi connectivity index (χ1) is 7.53. The number of halogens is 1. The molecule has 1 aromatic rings. The molecule has 0 unspecified atom stereocenters. The molecule has 0 saturated heterocycles. The summed E-state index contributed by atoms with van der Waals surface area (Å²) in [5, 5.41) is 0. The predicted octanol–water partition coefficient (Wildman–Crippen LogP) is 5.29. The molecule has 0 spiro atoms. The van der Waals surface area contributed by atoms with E-state index in [1.165, 1.54) is 34.8 Å². The zero-order valence-electron chi connectivity index (χ0n) is 10.3. The first-order valence-electron chi connectivity index (χ1n) is 5.92. The van der Waals surface area contributed by atoms with E-state index in [0.29, 0.717) is 0 Å². The molecule has 0 aromatic heterocycles. The Hall–Kier alpha value is 0.489. The number of hydrogen-bond donors (Lipinski definition) is 0. The van der Waals surface area contributed by atoms with E-state index in [0.717, 1.165) is 0 Å². The van der Waals surface area contributed by atoms with Gasteiger partial charge in [0.1, 0.15) is 0 Å². The summed E-state index contributed by atoms with van der Waals surface area (Å²) in [5.74, 6) is 0. The molecule has 0 atom stereocenters. The molecule has 0 saturated carbocycles. The second kappa shape index (κ2) is 7.04. The summed E-state index contributed by atoms with van der Waals surface area (Å²) in [4.78, 5) is 5.01. The third kappa shape index (κ3) is 5.71. The molecule has 1 rings (SSSR count). The van der Waals surface area contributed by atoms with Crippen LogP contribution in [0.15, 0.2) is 30.8 Å². The fraction of sp³-hybridized carbons (Fsp3) is 0.429. The van der Waals surface area contributed by atoms with E-state index in [9.17, 15) is 0 Å². The third-order valence-corrected chi connectivity index (χ3v) is 10.8. The Labute approximate surface area is 114 Å². The van der Waals surface area contributed by atoms with Crippen LogP contribution in [-0.2, 0) is 6.42 Å². The van der Waals surface area contributed by atoms with Crippen LogP contribution in [-0.4, -0.2) is 14.4 Å². The summed E-state index contributed by atoms with van der Waals surface area (Å²) in [6.07, 6.45) is 5.91. The van der Waals surface area contributed by atoms with Gasteiger partial charge >= 0.3 is 115 Å². The molecule has 0 nitrogen and oxygen atoms in total. The van der Waals surface area contributed by atoms with Crippen molar-refractivity contribution in [1.29, 1.82) is 0 Å². The van der Waals surface area contributed by atoms with Crippen LogP contribution >= 0.6 is 18.6 Å². The van der Waals surface area contributed by atoms with Gasteiger partial charge < -0.3 is 0 Å². The zero-order valence-corrected chi connectivity index (χ0v) is 15.3. The number of rotatable bonds is 6. The van der Waals surface area contributed by atoms with Crippen LogP contribution in [0, 0.1) is 0 Å². The second-order valence-electron chi connectivity index (χ2n) is 4.83. The maximum absolute atomic E-state index is 3.87. The molecule has 16 heavy (non-hydrogen) atoms. The number of benzene rings is 1. The van der Waals surface area contributed by atoms with Crippen molar-refractivity contribution in [3.8, 4) is 0 Å². The van der Waals surface area contributed by atoms with E-state index in [4.69, 9.17) is 0 Å². The first kappa shape index (κ1) is 14.5.